The van der Waals surface area contributed by atoms with Crippen molar-refractivity contribution < 1.29 is 4.74 Å². The van der Waals surface area contributed by atoms with E-state index >= 15 is 0 Å². The van der Waals surface area contributed by atoms with Crippen LogP contribution in [0.25, 0.3) is 0 Å². The third kappa shape index (κ3) is 3.22. The summed E-state index contributed by atoms with van der Waals surface area (Å²) in [5, 5.41) is 4.43. The van der Waals surface area contributed by atoms with Gasteiger partial charge in [-0.15, -0.1) is 0 Å². The number of nitrogen functional groups attached to an aromatic ring is 1. The van der Waals surface area contributed by atoms with Crippen LogP contribution in [0, 0.1) is 5.92 Å². The van der Waals surface area contributed by atoms with Crippen LogP contribution < -0.4 is 11.1 Å². The Balaban J connectivity index is 2.06. The lowest BCUT2D eigenvalue weighted by Crippen LogP contribution is -2.31. The van der Waals surface area contributed by atoms with Crippen LogP contribution in [0.3, 0.4) is 0 Å². The molecular formula is C13H18Cl2N2O. The molecule has 1 aliphatic rings. The number of benzene rings is 1. The van der Waals surface area contributed by atoms with E-state index in [4.69, 9.17) is 33.7 Å². The summed E-state index contributed by atoms with van der Waals surface area (Å²) >= 11 is 11.9. The summed E-state index contributed by atoms with van der Waals surface area (Å²) < 4.78 is 5.37. The summed E-state index contributed by atoms with van der Waals surface area (Å²) in [5.41, 5.74) is 7.42. The second-order valence-corrected chi connectivity index (χ2v) is 5.55. The molecule has 1 heterocycles. The highest BCUT2D eigenvalue weighted by Crippen LogP contribution is 2.32. The van der Waals surface area contributed by atoms with Gasteiger partial charge in [-0.25, -0.2) is 0 Å². The summed E-state index contributed by atoms with van der Waals surface area (Å²) in [6, 6.07) is 3.81. The number of nitrogens with one attached hydrogen (secondary N) is 1. The van der Waals surface area contributed by atoms with E-state index in [1.165, 1.54) is 0 Å². The first kappa shape index (κ1) is 13.8. The van der Waals surface area contributed by atoms with E-state index in [1.54, 1.807) is 12.1 Å². The van der Waals surface area contributed by atoms with Gasteiger partial charge in [0.25, 0.3) is 0 Å². The minimum atomic E-state index is 0.341. The average molecular weight is 289 g/mol. The van der Waals surface area contributed by atoms with Crippen molar-refractivity contribution in [2.45, 2.75) is 25.8 Å². The van der Waals surface area contributed by atoms with Crippen molar-refractivity contribution in [1.29, 1.82) is 0 Å². The highest BCUT2D eigenvalue weighted by atomic mass is 35.5. The van der Waals surface area contributed by atoms with E-state index in [2.05, 4.69) is 12.2 Å². The molecule has 100 valence electrons. The molecule has 1 aromatic rings. The van der Waals surface area contributed by atoms with Crippen molar-refractivity contribution in [3.63, 3.8) is 0 Å². The molecule has 0 aromatic heterocycles. The Morgan fingerprint density at radius 2 is 1.89 bits per heavy atom. The van der Waals surface area contributed by atoms with E-state index in [0.717, 1.165) is 31.7 Å². The van der Waals surface area contributed by atoms with E-state index in [-0.39, 0.29) is 0 Å². The van der Waals surface area contributed by atoms with Crippen LogP contribution in [-0.4, -0.2) is 19.3 Å². The SMILES string of the molecule is CC(Nc1cc(Cl)c(Cl)cc1N)C1CCOCC1. The predicted octanol–water partition coefficient (Wildman–Crippen LogP) is 3.80. The molecule has 1 unspecified atom stereocenters. The van der Waals surface area contributed by atoms with Crippen molar-refractivity contribution >= 4 is 34.6 Å². The number of halogens is 2. The van der Waals surface area contributed by atoms with Gasteiger partial charge in [-0.1, -0.05) is 23.2 Å². The number of hydrogen-bond acceptors (Lipinski definition) is 3. The Kier molecular flexibility index (Phi) is 4.60. The Labute approximate surface area is 118 Å². The molecule has 0 aliphatic carbocycles. The number of ether oxygens (including phenoxy) is 1. The van der Waals surface area contributed by atoms with Crippen LogP contribution in [-0.2, 0) is 4.74 Å². The van der Waals surface area contributed by atoms with Gasteiger partial charge in [-0.2, -0.15) is 0 Å². The van der Waals surface area contributed by atoms with Gasteiger partial charge >= 0.3 is 0 Å². The Hall–Kier alpha value is -0.640. The summed E-state index contributed by atoms with van der Waals surface area (Å²) in [4.78, 5) is 0. The van der Waals surface area contributed by atoms with Gasteiger partial charge in [0.15, 0.2) is 0 Å². The lowest BCUT2D eigenvalue weighted by atomic mass is 9.93. The summed E-state index contributed by atoms with van der Waals surface area (Å²) in [5.74, 6) is 0.604. The molecule has 3 nitrogen and oxygen atoms in total. The molecule has 1 saturated heterocycles. The normalized spacial score (nSPS) is 18.6. The maximum Gasteiger partial charge on any atom is 0.0614 e. The maximum atomic E-state index is 6.01. The van der Waals surface area contributed by atoms with Crippen LogP contribution in [0.15, 0.2) is 12.1 Å². The molecule has 1 aromatic carbocycles. The van der Waals surface area contributed by atoms with Crippen LogP contribution in [0.5, 0.6) is 0 Å². The van der Waals surface area contributed by atoms with Gasteiger partial charge in [-0.3, -0.25) is 0 Å². The molecule has 3 N–H and O–H groups in total. The fourth-order valence-electron chi connectivity index (χ4n) is 2.27. The monoisotopic (exact) mass is 288 g/mol. The molecule has 1 atom stereocenters. The fraction of sp³-hybridized carbons (Fsp3) is 0.538. The molecule has 2 rings (SSSR count). The first-order valence-electron chi connectivity index (χ1n) is 6.16. The van der Waals surface area contributed by atoms with Crippen LogP contribution in [0.2, 0.25) is 10.0 Å². The first-order chi connectivity index (χ1) is 8.58. The van der Waals surface area contributed by atoms with Crippen molar-refractivity contribution in [1.82, 2.24) is 0 Å². The second kappa shape index (κ2) is 6.00. The second-order valence-electron chi connectivity index (χ2n) is 4.74. The lowest BCUT2D eigenvalue weighted by molar-refractivity contribution is 0.0622. The summed E-state index contributed by atoms with van der Waals surface area (Å²) in [7, 11) is 0. The van der Waals surface area contributed by atoms with Gasteiger partial charge in [0, 0.05) is 19.3 Å². The quantitative estimate of drug-likeness (QED) is 0.832. The van der Waals surface area contributed by atoms with Crippen LogP contribution >= 0.6 is 23.2 Å². The molecule has 1 fully saturated rings. The van der Waals surface area contributed by atoms with Crippen LogP contribution in [0.4, 0.5) is 11.4 Å². The zero-order valence-electron chi connectivity index (χ0n) is 10.4. The van der Waals surface area contributed by atoms with Gasteiger partial charge < -0.3 is 15.8 Å². The predicted molar refractivity (Wildman–Crippen MR) is 77.5 cm³/mol. The molecule has 0 spiro atoms. The zero-order valence-corrected chi connectivity index (χ0v) is 11.9. The zero-order chi connectivity index (χ0) is 13.1. The van der Waals surface area contributed by atoms with Crippen molar-refractivity contribution in [2.75, 3.05) is 24.3 Å². The first-order valence-corrected chi connectivity index (χ1v) is 6.92. The minimum Gasteiger partial charge on any atom is -0.397 e. The van der Waals surface area contributed by atoms with E-state index in [1.807, 2.05) is 0 Å². The number of hydrogen-bond donors (Lipinski definition) is 2. The Bertz CT molecular complexity index is 420. The number of anilines is 2. The van der Waals surface area contributed by atoms with Crippen molar-refractivity contribution in [2.24, 2.45) is 5.92 Å². The molecule has 0 saturated carbocycles. The molecule has 0 bridgehead atoms. The van der Waals surface area contributed by atoms with Gasteiger partial charge in [-0.05, 0) is 37.8 Å². The summed E-state index contributed by atoms with van der Waals surface area (Å²) in [6.07, 6.45) is 2.16. The van der Waals surface area contributed by atoms with E-state index < -0.39 is 0 Å². The molecular weight excluding hydrogens is 271 g/mol. The van der Waals surface area contributed by atoms with Gasteiger partial charge in [0.2, 0.25) is 0 Å². The van der Waals surface area contributed by atoms with E-state index in [0.29, 0.717) is 27.7 Å². The highest BCUT2D eigenvalue weighted by Gasteiger charge is 2.21. The van der Waals surface area contributed by atoms with Crippen molar-refractivity contribution in [3.05, 3.63) is 22.2 Å². The van der Waals surface area contributed by atoms with Gasteiger partial charge in [0.1, 0.15) is 0 Å². The molecule has 0 amide bonds. The molecule has 5 heteroatoms. The Morgan fingerprint density at radius 3 is 2.56 bits per heavy atom. The lowest BCUT2D eigenvalue weighted by Gasteiger charge is -2.29. The maximum absolute atomic E-state index is 6.01. The number of rotatable bonds is 3. The van der Waals surface area contributed by atoms with E-state index in [9.17, 15) is 0 Å². The largest absolute Gasteiger partial charge is 0.397 e. The van der Waals surface area contributed by atoms with Crippen molar-refractivity contribution in [3.8, 4) is 0 Å². The summed E-state index contributed by atoms with van der Waals surface area (Å²) in [6.45, 7) is 3.85. The van der Waals surface area contributed by atoms with Crippen LogP contribution in [0.1, 0.15) is 19.8 Å². The topological polar surface area (TPSA) is 47.3 Å². The molecule has 1 aliphatic heterocycles. The molecule has 18 heavy (non-hydrogen) atoms. The third-order valence-electron chi connectivity index (χ3n) is 3.45. The Morgan fingerprint density at radius 1 is 1.28 bits per heavy atom. The smallest absolute Gasteiger partial charge is 0.0614 e. The average Bonchev–Trinajstić information content (AvgIpc) is 2.37. The molecule has 0 radical (unpaired) electrons. The minimum absolute atomic E-state index is 0.341. The fourth-order valence-corrected chi connectivity index (χ4v) is 2.60. The van der Waals surface area contributed by atoms with Gasteiger partial charge in [0.05, 0.1) is 21.4 Å². The standard InChI is InChI=1S/C13H18Cl2N2O/c1-8(9-2-4-18-5-3-9)17-13-7-11(15)10(14)6-12(13)16/h6-9,17H,2-5,16H2,1H3. The third-order valence-corrected chi connectivity index (χ3v) is 4.17. The number of nitrogens with two attached hydrogens (primary N) is 1. The highest BCUT2D eigenvalue weighted by molar-refractivity contribution is 6.42.